The summed E-state index contributed by atoms with van der Waals surface area (Å²) in [5.41, 5.74) is 0. The Kier molecular flexibility index (Phi) is 3.97. The lowest BCUT2D eigenvalue weighted by atomic mass is 10.1. The van der Waals surface area contributed by atoms with Gasteiger partial charge in [-0.05, 0) is 25.7 Å². The lowest BCUT2D eigenvalue weighted by molar-refractivity contribution is -0.141. The van der Waals surface area contributed by atoms with Crippen LogP contribution < -0.4 is 0 Å². The molecule has 0 saturated carbocycles. The van der Waals surface area contributed by atoms with E-state index in [1.807, 2.05) is 0 Å². The Balaban J connectivity index is 1.91. The second-order valence-electron chi connectivity index (χ2n) is 4.41. The van der Waals surface area contributed by atoms with Crippen LogP contribution in [0.5, 0.6) is 0 Å². The molecular weight excluding hydrogens is 190 g/mol. The highest BCUT2D eigenvalue weighted by Crippen LogP contribution is 2.16. The molecular formula is C11H20N3O. The molecule has 0 bridgehead atoms. The van der Waals surface area contributed by atoms with Gasteiger partial charge in [-0.3, -0.25) is 4.79 Å². The second-order valence-corrected chi connectivity index (χ2v) is 4.41. The third-order valence-electron chi connectivity index (χ3n) is 3.28. The number of amides is 1. The molecule has 2 aliphatic heterocycles. The van der Waals surface area contributed by atoms with Crippen LogP contribution in [0.1, 0.15) is 38.5 Å². The van der Waals surface area contributed by atoms with Gasteiger partial charge >= 0.3 is 6.41 Å². The van der Waals surface area contributed by atoms with Gasteiger partial charge in [0.2, 0.25) is 0 Å². The van der Waals surface area contributed by atoms with Crippen molar-refractivity contribution in [1.29, 1.82) is 0 Å². The molecule has 4 nitrogen and oxygen atoms in total. The number of hydrogen-bond acceptors (Lipinski definition) is 3. The summed E-state index contributed by atoms with van der Waals surface area (Å²) in [4.78, 5) is 11.0. The average molecular weight is 210 g/mol. The van der Waals surface area contributed by atoms with Gasteiger partial charge in [0.05, 0.1) is 0 Å². The molecule has 85 valence electrons. The van der Waals surface area contributed by atoms with E-state index in [0.29, 0.717) is 0 Å². The quantitative estimate of drug-likeness (QED) is 0.654. The predicted octanol–water partition coefficient (Wildman–Crippen LogP) is 1.16. The summed E-state index contributed by atoms with van der Waals surface area (Å²) < 4.78 is 0. The van der Waals surface area contributed by atoms with Crippen molar-refractivity contribution in [3.8, 4) is 0 Å². The molecule has 0 aromatic rings. The van der Waals surface area contributed by atoms with Crippen LogP contribution in [0.15, 0.2) is 0 Å². The van der Waals surface area contributed by atoms with Crippen molar-refractivity contribution < 1.29 is 4.79 Å². The van der Waals surface area contributed by atoms with Gasteiger partial charge in [0.1, 0.15) is 0 Å². The van der Waals surface area contributed by atoms with E-state index in [0.717, 1.165) is 26.2 Å². The highest BCUT2D eigenvalue weighted by atomic mass is 16.2. The van der Waals surface area contributed by atoms with E-state index in [1.165, 1.54) is 38.5 Å². The van der Waals surface area contributed by atoms with Gasteiger partial charge in [0.15, 0.2) is 0 Å². The van der Waals surface area contributed by atoms with E-state index in [-0.39, 0.29) is 0 Å². The Morgan fingerprint density at radius 2 is 1.13 bits per heavy atom. The van der Waals surface area contributed by atoms with Gasteiger partial charge in [-0.15, -0.1) is 0 Å². The smallest absolute Gasteiger partial charge is 0.260 e. The molecule has 0 aromatic heterocycles. The summed E-state index contributed by atoms with van der Waals surface area (Å²) in [7, 11) is 0. The first-order valence-electron chi connectivity index (χ1n) is 6.09. The van der Waals surface area contributed by atoms with Crippen molar-refractivity contribution in [3.63, 3.8) is 0 Å². The summed E-state index contributed by atoms with van der Waals surface area (Å²) in [6.07, 6.45) is 9.47. The fraction of sp³-hybridized carbons (Fsp3) is 0.909. The van der Waals surface area contributed by atoms with Crippen LogP contribution in [0.4, 0.5) is 0 Å². The Morgan fingerprint density at radius 1 is 0.733 bits per heavy atom. The molecule has 2 aliphatic rings. The first-order valence-corrected chi connectivity index (χ1v) is 6.09. The first kappa shape index (κ1) is 10.9. The Hall–Kier alpha value is -0.610. The number of hydrogen-bond donors (Lipinski definition) is 0. The number of carbonyl (C=O) groups excluding carboxylic acids is 1. The van der Waals surface area contributed by atoms with E-state index < -0.39 is 0 Å². The lowest BCUT2D eigenvalue weighted by Gasteiger charge is -2.42. The molecule has 2 saturated heterocycles. The highest BCUT2D eigenvalue weighted by molar-refractivity contribution is 5.46. The van der Waals surface area contributed by atoms with Gasteiger partial charge in [-0.2, -0.15) is 5.12 Å². The van der Waals surface area contributed by atoms with E-state index in [2.05, 4.69) is 16.4 Å². The van der Waals surface area contributed by atoms with Crippen molar-refractivity contribution in [2.75, 3.05) is 26.2 Å². The maximum Gasteiger partial charge on any atom is 0.344 e. The summed E-state index contributed by atoms with van der Waals surface area (Å²) in [5, 5.41) is 5.99. The van der Waals surface area contributed by atoms with Crippen molar-refractivity contribution >= 4 is 6.41 Å². The monoisotopic (exact) mass is 210 g/mol. The van der Waals surface area contributed by atoms with Crippen molar-refractivity contribution in [2.45, 2.75) is 38.5 Å². The van der Waals surface area contributed by atoms with Crippen LogP contribution in [0.2, 0.25) is 0 Å². The molecule has 2 rings (SSSR count). The van der Waals surface area contributed by atoms with Gasteiger partial charge < -0.3 is 0 Å². The molecule has 0 unspecified atom stereocenters. The minimum Gasteiger partial charge on any atom is -0.260 e. The van der Waals surface area contributed by atoms with Crippen LogP contribution in [0.3, 0.4) is 0 Å². The molecule has 0 spiro atoms. The van der Waals surface area contributed by atoms with E-state index in [4.69, 9.17) is 0 Å². The number of rotatable bonds is 3. The third-order valence-corrected chi connectivity index (χ3v) is 3.28. The number of nitrogens with zero attached hydrogens (tertiary/aromatic N) is 3. The van der Waals surface area contributed by atoms with Gasteiger partial charge in [-0.1, -0.05) is 12.8 Å². The predicted molar refractivity (Wildman–Crippen MR) is 58.4 cm³/mol. The van der Waals surface area contributed by atoms with Crippen LogP contribution in [0, 0.1) is 0 Å². The zero-order valence-corrected chi connectivity index (χ0v) is 9.32. The largest absolute Gasteiger partial charge is 0.344 e. The van der Waals surface area contributed by atoms with E-state index in [9.17, 15) is 4.79 Å². The van der Waals surface area contributed by atoms with Crippen molar-refractivity contribution in [3.05, 3.63) is 0 Å². The van der Waals surface area contributed by atoms with Gasteiger partial charge in [0.25, 0.3) is 0 Å². The van der Waals surface area contributed by atoms with Crippen molar-refractivity contribution in [1.82, 2.24) is 15.1 Å². The fourth-order valence-corrected chi connectivity index (χ4v) is 2.43. The Bertz CT molecular complexity index is 180. The average Bonchev–Trinajstić information content (AvgIpc) is 2.33. The summed E-state index contributed by atoms with van der Waals surface area (Å²) in [5.74, 6) is 0. The third kappa shape index (κ3) is 2.69. The molecule has 0 aliphatic carbocycles. The van der Waals surface area contributed by atoms with Crippen LogP contribution in [-0.2, 0) is 4.79 Å². The minimum absolute atomic E-state index is 1.01. The summed E-state index contributed by atoms with van der Waals surface area (Å²) >= 11 is 0. The Morgan fingerprint density at radius 3 is 1.47 bits per heavy atom. The number of piperidine rings is 2. The van der Waals surface area contributed by atoms with Gasteiger partial charge in [0, 0.05) is 26.2 Å². The van der Waals surface area contributed by atoms with Crippen LogP contribution in [-0.4, -0.2) is 47.7 Å². The SMILES string of the molecule is O=[C]N(N1CCCCC1)N1CCCCC1. The van der Waals surface area contributed by atoms with Crippen LogP contribution in [0.25, 0.3) is 0 Å². The van der Waals surface area contributed by atoms with Gasteiger partial charge in [-0.25, -0.2) is 10.0 Å². The summed E-state index contributed by atoms with van der Waals surface area (Å²) in [6.45, 7) is 4.02. The topological polar surface area (TPSA) is 26.8 Å². The van der Waals surface area contributed by atoms with E-state index >= 15 is 0 Å². The normalized spacial score (nSPS) is 25.1. The second kappa shape index (κ2) is 5.47. The summed E-state index contributed by atoms with van der Waals surface area (Å²) in [6, 6.07) is 0. The zero-order chi connectivity index (χ0) is 10.5. The maximum atomic E-state index is 11.0. The molecule has 2 fully saturated rings. The maximum absolute atomic E-state index is 11.0. The molecule has 1 amide bonds. The number of hydrazine groups is 2. The molecule has 2 heterocycles. The lowest BCUT2D eigenvalue weighted by Crippen LogP contribution is -2.55. The molecule has 0 N–H and O–H groups in total. The minimum atomic E-state index is 1.01. The molecule has 0 aromatic carbocycles. The molecule has 15 heavy (non-hydrogen) atoms. The molecule has 4 heteroatoms. The van der Waals surface area contributed by atoms with E-state index in [1.54, 1.807) is 5.12 Å². The highest BCUT2D eigenvalue weighted by Gasteiger charge is 2.24. The first-order chi connectivity index (χ1) is 7.42. The molecule has 0 atom stereocenters. The fourth-order valence-electron chi connectivity index (χ4n) is 2.43. The van der Waals surface area contributed by atoms with Crippen molar-refractivity contribution in [2.24, 2.45) is 0 Å². The Labute approximate surface area is 91.8 Å². The van der Waals surface area contributed by atoms with Crippen LogP contribution >= 0.6 is 0 Å². The standard InChI is InChI=1S/C11H20N3O/c15-11-14(12-7-3-1-4-8-12)13-9-5-2-6-10-13/h1-10H2. The zero-order valence-electron chi connectivity index (χ0n) is 9.32. The molecule has 1 radical (unpaired) electrons.